The smallest absolute Gasteiger partial charge is 0.0651 e. The van der Waals surface area contributed by atoms with Crippen LogP contribution in [0.2, 0.25) is 0 Å². The number of ether oxygens (including phenoxy) is 1. The number of fused-ring (bicyclic) bond motifs is 1. The van der Waals surface area contributed by atoms with E-state index in [1.54, 1.807) is 0 Å². The van der Waals surface area contributed by atoms with Crippen LogP contribution >= 0.6 is 0 Å². The average molecular weight is 127 g/mol. The van der Waals surface area contributed by atoms with E-state index in [0.29, 0.717) is 12.0 Å². The van der Waals surface area contributed by atoms with Crippen LogP contribution in [0.4, 0.5) is 0 Å². The predicted molar refractivity (Wildman–Crippen MR) is 35.0 cm³/mol. The molecule has 0 aromatic heterocycles. The Morgan fingerprint density at radius 1 is 1.56 bits per heavy atom. The highest BCUT2D eigenvalue weighted by Crippen LogP contribution is 2.46. The molecule has 1 heterocycles. The monoisotopic (exact) mass is 127 g/mol. The van der Waals surface area contributed by atoms with E-state index in [1.807, 2.05) is 0 Å². The highest BCUT2D eigenvalue weighted by atomic mass is 16.5. The molecule has 1 saturated heterocycles. The first kappa shape index (κ1) is 5.69. The lowest BCUT2D eigenvalue weighted by atomic mass is 10.2. The summed E-state index contributed by atoms with van der Waals surface area (Å²) in [6.07, 6.45) is 3.16. The minimum absolute atomic E-state index is 0.559. The van der Waals surface area contributed by atoms with Crippen LogP contribution in [0.1, 0.15) is 12.8 Å². The van der Waals surface area contributed by atoms with E-state index in [9.17, 15) is 0 Å². The SMILES string of the molecule is NCC1[C@H]2CCCO[C@@H]12. The highest BCUT2D eigenvalue weighted by molar-refractivity contribution is 5.00. The molecule has 0 radical (unpaired) electrons. The molecule has 0 aromatic rings. The Hall–Kier alpha value is -0.0800. The van der Waals surface area contributed by atoms with Crippen molar-refractivity contribution in [1.29, 1.82) is 0 Å². The molecule has 3 atom stereocenters. The highest BCUT2D eigenvalue weighted by Gasteiger charge is 2.51. The van der Waals surface area contributed by atoms with Crippen molar-refractivity contribution in [2.75, 3.05) is 13.2 Å². The van der Waals surface area contributed by atoms with Gasteiger partial charge in [0.05, 0.1) is 6.10 Å². The summed E-state index contributed by atoms with van der Waals surface area (Å²) < 4.78 is 5.48. The Morgan fingerprint density at radius 3 is 3.00 bits per heavy atom. The van der Waals surface area contributed by atoms with E-state index in [4.69, 9.17) is 10.5 Å². The molecular weight excluding hydrogens is 114 g/mol. The van der Waals surface area contributed by atoms with Crippen molar-refractivity contribution in [3.8, 4) is 0 Å². The van der Waals surface area contributed by atoms with Gasteiger partial charge in [-0.3, -0.25) is 0 Å². The fraction of sp³-hybridized carbons (Fsp3) is 1.00. The van der Waals surface area contributed by atoms with Gasteiger partial charge in [0.1, 0.15) is 0 Å². The summed E-state index contributed by atoms with van der Waals surface area (Å²) in [5.74, 6) is 1.55. The van der Waals surface area contributed by atoms with Gasteiger partial charge < -0.3 is 10.5 Å². The molecule has 52 valence electrons. The minimum atomic E-state index is 0.559. The first-order valence-electron chi connectivity index (χ1n) is 3.75. The zero-order valence-electron chi connectivity index (χ0n) is 5.55. The maximum Gasteiger partial charge on any atom is 0.0651 e. The first-order chi connectivity index (χ1) is 4.43. The predicted octanol–water partition coefficient (Wildman–Crippen LogP) is 0.370. The van der Waals surface area contributed by atoms with E-state index >= 15 is 0 Å². The van der Waals surface area contributed by atoms with Crippen molar-refractivity contribution in [3.63, 3.8) is 0 Å². The molecule has 2 N–H and O–H groups in total. The summed E-state index contributed by atoms with van der Waals surface area (Å²) >= 11 is 0. The van der Waals surface area contributed by atoms with Crippen molar-refractivity contribution in [2.24, 2.45) is 17.6 Å². The Bertz CT molecular complexity index is 96.7. The van der Waals surface area contributed by atoms with Gasteiger partial charge in [0.25, 0.3) is 0 Å². The zero-order valence-corrected chi connectivity index (χ0v) is 5.55. The summed E-state index contributed by atoms with van der Waals surface area (Å²) in [6.45, 7) is 1.80. The summed E-state index contributed by atoms with van der Waals surface area (Å²) in [5, 5.41) is 0. The normalized spacial score (nSPS) is 48.3. The number of hydrogen-bond acceptors (Lipinski definition) is 2. The van der Waals surface area contributed by atoms with Gasteiger partial charge in [-0.2, -0.15) is 0 Å². The lowest BCUT2D eigenvalue weighted by Crippen LogP contribution is -2.07. The summed E-state index contributed by atoms with van der Waals surface area (Å²) in [4.78, 5) is 0. The molecule has 1 unspecified atom stereocenters. The molecule has 0 spiro atoms. The van der Waals surface area contributed by atoms with Crippen molar-refractivity contribution in [2.45, 2.75) is 18.9 Å². The van der Waals surface area contributed by atoms with Gasteiger partial charge in [-0.05, 0) is 25.3 Å². The maximum absolute atomic E-state index is 5.51. The molecule has 1 aliphatic carbocycles. The third-order valence-corrected chi connectivity index (χ3v) is 2.52. The van der Waals surface area contributed by atoms with Crippen LogP contribution < -0.4 is 5.73 Å². The lowest BCUT2D eigenvalue weighted by molar-refractivity contribution is 0.0757. The van der Waals surface area contributed by atoms with E-state index in [1.165, 1.54) is 12.8 Å². The van der Waals surface area contributed by atoms with Crippen LogP contribution in [0.5, 0.6) is 0 Å². The number of hydrogen-bond donors (Lipinski definition) is 1. The minimum Gasteiger partial charge on any atom is -0.378 e. The summed E-state index contributed by atoms with van der Waals surface area (Å²) in [7, 11) is 0. The Balaban J connectivity index is 1.91. The van der Waals surface area contributed by atoms with Crippen LogP contribution in [-0.2, 0) is 4.74 Å². The van der Waals surface area contributed by atoms with E-state index < -0.39 is 0 Å². The average Bonchev–Trinajstić information content (AvgIpc) is 2.60. The van der Waals surface area contributed by atoms with Gasteiger partial charge in [-0.15, -0.1) is 0 Å². The fourth-order valence-electron chi connectivity index (χ4n) is 1.88. The fourth-order valence-corrected chi connectivity index (χ4v) is 1.88. The van der Waals surface area contributed by atoms with Gasteiger partial charge >= 0.3 is 0 Å². The second-order valence-electron chi connectivity index (χ2n) is 3.04. The standard InChI is InChI=1S/C7H13NO/c8-4-6-5-2-1-3-9-7(5)6/h5-7H,1-4,8H2/t5-,6?,7-/m1/s1. The molecule has 1 aliphatic heterocycles. The molecule has 2 aliphatic rings. The van der Waals surface area contributed by atoms with Gasteiger partial charge in [-0.25, -0.2) is 0 Å². The van der Waals surface area contributed by atoms with Crippen LogP contribution in [0.15, 0.2) is 0 Å². The second kappa shape index (κ2) is 1.96. The van der Waals surface area contributed by atoms with E-state index in [0.717, 1.165) is 19.1 Å². The molecule has 9 heavy (non-hydrogen) atoms. The van der Waals surface area contributed by atoms with Crippen LogP contribution in [0, 0.1) is 11.8 Å². The number of nitrogens with two attached hydrogens (primary N) is 1. The Kier molecular flexibility index (Phi) is 1.24. The molecular formula is C7H13NO. The van der Waals surface area contributed by atoms with Crippen molar-refractivity contribution in [3.05, 3.63) is 0 Å². The first-order valence-corrected chi connectivity index (χ1v) is 3.75. The van der Waals surface area contributed by atoms with Crippen molar-refractivity contribution >= 4 is 0 Å². The topological polar surface area (TPSA) is 35.2 Å². The second-order valence-corrected chi connectivity index (χ2v) is 3.04. The third kappa shape index (κ3) is 0.775. The quantitative estimate of drug-likeness (QED) is 0.552. The molecule has 2 fully saturated rings. The molecule has 2 rings (SSSR count). The van der Waals surface area contributed by atoms with Crippen LogP contribution in [-0.4, -0.2) is 19.3 Å². The molecule has 2 heteroatoms. The molecule has 0 bridgehead atoms. The van der Waals surface area contributed by atoms with Gasteiger partial charge in [-0.1, -0.05) is 0 Å². The van der Waals surface area contributed by atoms with Crippen molar-refractivity contribution in [1.82, 2.24) is 0 Å². The third-order valence-electron chi connectivity index (χ3n) is 2.52. The lowest BCUT2D eigenvalue weighted by Gasteiger charge is -2.07. The summed E-state index contributed by atoms with van der Waals surface area (Å²) in [6, 6.07) is 0. The Morgan fingerprint density at radius 2 is 2.44 bits per heavy atom. The van der Waals surface area contributed by atoms with Gasteiger partial charge in [0.2, 0.25) is 0 Å². The number of rotatable bonds is 1. The maximum atomic E-state index is 5.51. The Labute approximate surface area is 55.4 Å². The van der Waals surface area contributed by atoms with E-state index in [-0.39, 0.29) is 0 Å². The molecule has 2 nitrogen and oxygen atoms in total. The van der Waals surface area contributed by atoms with Crippen LogP contribution in [0.25, 0.3) is 0 Å². The van der Waals surface area contributed by atoms with Crippen molar-refractivity contribution < 1.29 is 4.74 Å². The van der Waals surface area contributed by atoms with Gasteiger partial charge in [0, 0.05) is 12.5 Å². The van der Waals surface area contributed by atoms with Gasteiger partial charge in [0.15, 0.2) is 0 Å². The van der Waals surface area contributed by atoms with E-state index in [2.05, 4.69) is 0 Å². The molecule has 0 aromatic carbocycles. The molecule has 0 amide bonds. The molecule has 1 saturated carbocycles. The summed E-state index contributed by atoms with van der Waals surface area (Å²) in [5.41, 5.74) is 5.51. The van der Waals surface area contributed by atoms with Crippen LogP contribution in [0.3, 0.4) is 0 Å². The largest absolute Gasteiger partial charge is 0.378 e. The zero-order chi connectivity index (χ0) is 6.27.